The number of benzene rings is 1. The molecule has 4 rings (SSSR count). The Morgan fingerprint density at radius 1 is 1.10 bits per heavy atom. The number of carbonyl (C=O) groups excluding carboxylic acids is 2. The van der Waals surface area contributed by atoms with Gasteiger partial charge < -0.3 is 10.2 Å². The van der Waals surface area contributed by atoms with E-state index in [2.05, 4.69) is 5.32 Å². The number of piperidine rings is 1. The molecule has 0 bridgehead atoms. The number of carbonyl (C=O) groups is 2. The highest BCUT2D eigenvalue weighted by atomic mass is 35.5. The van der Waals surface area contributed by atoms with Gasteiger partial charge in [0.15, 0.2) is 0 Å². The van der Waals surface area contributed by atoms with Crippen molar-refractivity contribution >= 4 is 45.0 Å². The maximum absolute atomic E-state index is 13.3. The van der Waals surface area contributed by atoms with E-state index in [0.29, 0.717) is 12.5 Å². The van der Waals surface area contributed by atoms with E-state index in [9.17, 15) is 18.0 Å². The predicted molar refractivity (Wildman–Crippen MR) is 118 cm³/mol. The van der Waals surface area contributed by atoms with E-state index >= 15 is 0 Å². The van der Waals surface area contributed by atoms with Crippen LogP contribution < -0.4 is 5.32 Å². The van der Waals surface area contributed by atoms with Crippen molar-refractivity contribution in [1.82, 2.24) is 14.5 Å². The van der Waals surface area contributed by atoms with E-state index in [1.165, 1.54) is 37.0 Å². The minimum absolute atomic E-state index is 0.0935. The molecule has 10 heteroatoms. The number of halogens is 2. The normalized spacial score (nSPS) is 26.4. The Balaban J connectivity index is 1.58. The highest BCUT2D eigenvalue weighted by molar-refractivity contribution is 7.89. The van der Waals surface area contributed by atoms with Crippen molar-refractivity contribution in [2.45, 2.75) is 61.9 Å². The fourth-order valence-corrected chi connectivity index (χ4v) is 6.75. The Hall–Kier alpha value is -1.77. The SMILES string of the molecule is O=C1NC=CN(S(=O)(=O)c2ccc(Cl)c(Cl)c2)[C@@H]1CC(=O)N1CCC[C@@H]2CCCC[C@H]21. The summed E-state index contributed by atoms with van der Waals surface area (Å²) < 4.78 is 27.5. The van der Waals surface area contributed by atoms with Crippen molar-refractivity contribution in [2.24, 2.45) is 5.92 Å². The molecule has 1 aliphatic carbocycles. The standard InChI is InChI=1S/C21H25Cl2N3O4S/c22-16-8-7-15(12-17(16)23)31(29,30)26-11-9-24-21(28)19(26)13-20(27)25-10-3-5-14-4-1-2-6-18(14)25/h7-9,11-12,14,18-19H,1-6,10,13H2,(H,24,28)/t14-,18+,19+/m0/s1. The summed E-state index contributed by atoms with van der Waals surface area (Å²) in [5.74, 6) is -0.208. The molecule has 1 N–H and O–H groups in total. The van der Waals surface area contributed by atoms with Crippen LogP contribution in [0.5, 0.6) is 0 Å². The first-order valence-electron chi connectivity index (χ1n) is 10.5. The van der Waals surface area contributed by atoms with E-state index < -0.39 is 22.0 Å². The Labute approximate surface area is 192 Å². The van der Waals surface area contributed by atoms with Gasteiger partial charge in [-0.05, 0) is 49.8 Å². The molecule has 0 radical (unpaired) electrons. The highest BCUT2D eigenvalue weighted by Crippen LogP contribution is 2.36. The van der Waals surface area contributed by atoms with Gasteiger partial charge in [-0.2, -0.15) is 0 Å². The molecule has 31 heavy (non-hydrogen) atoms. The molecular weight excluding hydrogens is 461 g/mol. The summed E-state index contributed by atoms with van der Waals surface area (Å²) in [6.45, 7) is 0.656. The van der Waals surface area contributed by atoms with Gasteiger partial charge in [-0.1, -0.05) is 36.0 Å². The van der Waals surface area contributed by atoms with E-state index in [4.69, 9.17) is 23.2 Å². The van der Waals surface area contributed by atoms with Crippen molar-refractivity contribution in [3.8, 4) is 0 Å². The number of nitrogens with one attached hydrogen (secondary N) is 1. The molecule has 3 atom stereocenters. The fourth-order valence-electron chi connectivity index (χ4n) is 4.91. The first-order valence-corrected chi connectivity index (χ1v) is 12.7. The minimum atomic E-state index is -4.11. The lowest BCUT2D eigenvalue weighted by Crippen LogP contribution is -2.54. The Morgan fingerprint density at radius 2 is 1.84 bits per heavy atom. The first-order chi connectivity index (χ1) is 14.8. The summed E-state index contributed by atoms with van der Waals surface area (Å²) in [6, 6.07) is 3.00. The second kappa shape index (κ2) is 9.00. The number of rotatable bonds is 4. The van der Waals surface area contributed by atoms with Gasteiger partial charge in [0.25, 0.3) is 10.0 Å². The maximum atomic E-state index is 13.3. The van der Waals surface area contributed by atoms with Crippen LogP contribution in [0.15, 0.2) is 35.5 Å². The third kappa shape index (κ3) is 4.43. The molecule has 1 aromatic rings. The molecule has 0 spiro atoms. The molecule has 0 unspecified atom stereocenters. The second-order valence-electron chi connectivity index (χ2n) is 8.30. The smallest absolute Gasteiger partial charge is 0.264 e. The number of hydrogen-bond donors (Lipinski definition) is 1. The zero-order valence-electron chi connectivity index (χ0n) is 17.0. The lowest BCUT2D eigenvalue weighted by atomic mass is 9.78. The Morgan fingerprint density at radius 3 is 2.61 bits per heavy atom. The molecule has 1 saturated carbocycles. The molecule has 2 fully saturated rings. The van der Waals surface area contributed by atoms with Gasteiger partial charge in [-0.15, -0.1) is 0 Å². The van der Waals surface area contributed by atoms with Crippen LogP contribution in [0.1, 0.15) is 44.9 Å². The third-order valence-electron chi connectivity index (χ3n) is 6.45. The van der Waals surface area contributed by atoms with E-state index in [1.807, 2.05) is 4.90 Å². The second-order valence-corrected chi connectivity index (χ2v) is 11.0. The van der Waals surface area contributed by atoms with Crippen molar-refractivity contribution in [3.63, 3.8) is 0 Å². The van der Waals surface area contributed by atoms with Gasteiger partial charge in [0.1, 0.15) is 6.04 Å². The van der Waals surface area contributed by atoms with Crippen LogP contribution in [-0.2, 0) is 19.6 Å². The van der Waals surface area contributed by atoms with Crippen molar-refractivity contribution in [1.29, 1.82) is 0 Å². The van der Waals surface area contributed by atoms with Crippen LogP contribution in [0.4, 0.5) is 0 Å². The molecule has 2 amide bonds. The monoisotopic (exact) mass is 485 g/mol. The average molecular weight is 486 g/mol. The topological polar surface area (TPSA) is 86.8 Å². The highest BCUT2D eigenvalue weighted by Gasteiger charge is 2.41. The molecule has 2 heterocycles. The molecule has 168 valence electrons. The fraction of sp³-hybridized carbons (Fsp3) is 0.524. The van der Waals surface area contributed by atoms with Crippen molar-refractivity contribution in [2.75, 3.05) is 6.54 Å². The third-order valence-corrected chi connectivity index (χ3v) is 8.97. The molecule has 3 aliphatic rings. The van der Waals surface area contributed by atoms with E-state index in [1.54, 1.807) is 0 Å². The summed E-state index contributed by atoms with van der Waals surface area (Å²) in [6.07, 6.45) is 8.77. The number of likely N-dealkylation sites (tertiary alicyclic amines) is 1. The van der Waals surface area contributed by atoms with Gasteiger partial charge in [-0.25, -0.2) is 8.42 Å². The van der Waals surface area contributed by atoms with Crippen molar-refractivity contribution < 1.29 is 18.0 Å². The molecule has 7 nitrogen and oxygen atoms in total. The van der Waals surface area contributed by atoms with Gasteiger partial charge in [0, 0.05) is 25.0 Å². The van der Waals surface area contributed by atoms with Crippen molar-refractivity contribution in [3.05, 3.63) is 40.6 Å². The van der Waals surface area contributed by atoms with Gasteiger partial charge in [0.2, 0.25) is 11.8 Å². The van der Waals surface area contributed by atoms with E-state index in [0.717, 1.165) is 36.4 Å². The summed E-state index contributed by atoms with van der Waals surface area (Å²) in [5.41, 5.74) is 0. The summed E-state index contributed by atoms with van der Waals surface area (Å²) in [4.78, 5) is 27.6. The quantitative estimate of drug-likeness (QED) is 0.706. The van der Waals surface area contributed by atoms with E-state index in [-0.39, 0.29) is 33.3 Å². The van der Waals surface area contributed by atoms with Gasteiger partial charge in [-0.3, -0.25) is 13.9 Å². The lowest BCUT2D eigenvalue weighted by molar-refractivity contribution is -0.141. The molecule has 2 aliphatic heterocycles. The molecule has 0 aromatic heterocycles. The largest absolute Gasteiger partial charge is 0.339 e. The number of nitrogens with zero attached hydrogens (tertiary/aromatic N) is 2. The van der Waals surface area contributed by atoms with Crippen LogP contribution in [0.25, 0.3) is 0 Å². The Kier molecular flexibility index (Phi) is 6.51. The van der Waals surface area contributed by atoms with Crippen LogP contribution in [0, 0.1) is 5.92 Å². The number of amides is 2. The molecule has 1 saturated heterocycles. The van der Waals surface area contributed by atoms with Crippen LogP contribution in [0.2, 0.25) is 10.0 Å². The zero-order chi connectivity index (χ0) is 22.2. The summed E-state index contributed by atoms with van der Waals surface area (Å²) >= 11 is 11.9. The van der Waals surface area contributed by atoms with Crippen LogP contribution >= 0.6 is 23.2 Å². The van der Waals surface area contributed by atoms with Crippen LogP contribution in [0.3, 0.4) is 0 Å². The van der Waals surface area contributed by atoms with Gasteiger partial charge in [0.05, 0.1) is 21.4 Å². The Bertz CT molecular complexity index is 1010. The number of hydrogen-bond acceptors (Lipinski definition) is 4. The minimum Gasteiger partial charge on any atom is -0.339 e. The number of fused-ring (bicyclic) bond motifs is 1. The molecule has 1 aromatic carbocycles. The predicted octanol–water partition coefficient (Wildman–Crippen LogP) is 3.53. The summed E-state index contributed by atoms with van der Waals surface area (Å²) in [7, 11) is -4.11. The molecular formula is C21H25Cl2N3O4S. The maximum Gasteiger partial charge on any atom is 0.264 e. The van der Waals surface area contributed by atoms with Gasteiger partial charge >= 0.3 is 0 Å². The lowest BCUT2D eigenvalue weighted by Gasteiger charge is -2.44. The van der Waals surface area contributed by atoms with Crippen LogP contribution in [-0.4, -0.2) is 48.1 Å². The zero-order valence-corrected chi connectivity index (χ0v) is 19.3. The first kappa shape index (κ1) is 22.4. The average Bonchev–Trinajstić information content (AvgIpc) is 2.76. The number of sulfonamides is 1. The summed E-state index contributed by atoms with van der Waals surface area (Å²) in [5, 5.41) is 2.85.